The Balaban J connectivity index is 1.50. The second kappa shape index (κ2) is 9.06. The molecule has 3 fully saturated rings. The molecule has 178 valence electrons. The van der Waals surface area contributed by atoms with Crippen LogP contribution in [0.2, 0.25) is 5.02 Å². The van der Waals surface area contributed by atoms with E-state index >= 15 is 0 Å². The number of rotatable bonds is 7. The molecule has 2 saturated carbocycles. The van der Waals surface area contributed by atoms with Gasteiger partial charge in [0.05, 0.1) is 17.2 Å². The summed E-state index contributed by atoms with van der Waals surface area (Å²) in [5, 5.41) is -0.266. The normalized spacial score (nSPS) is 28.1. The summed E-state index contributed by atoms with van der Waals surface area (Å²) in [6.45, 7) is 2.86. The van der Waals surface area contributed by atoms with Gasteiger partial charge in [0.2, 0.25) is 5.82 Å². The average molecular weight is 491 g/mol. The van der Waals surface area contributed by atoms with Crippen molar-refractivity contribution in [3.05, 3.63) is 28.3 Å². The standard InChI is InChI=1S/C22H29ClF2N2O4S/c1-2-22(11-14-5-3-6-15(9-14)12-22)13-31-20-17(23)10-16(18(24)19(20)25)21(28)26-32(29,30)27-7-4-8-27/h10,14-15H,2-9,11-13H2,1H3,(H,26,28). The number of amides is 1. The molecule has 1 aliphatic heterocycles. The molecule has 1 saturated heterocycles. The molecule has 2 unspecified atom stereocenters. The van der Waals surface area contributed by atoms with Crippen LogP contribution in [-0.2, 0) is 10.2 Å². The number of carbonyl (C=O) groups is 1. The fraction of sp³-hybridized carbons (Fsp3) is 0.682. The average Bonchev–Trinajstić information content (AvgIpc) is 2.68. The number of benzene rings is 1. The highest BCUT2D eigenvalue weighted by Crippen LogP contribution is 2.50. The zero-order valence-corrected chi connectivity index (χ0v) is 19.7. The molecule has 0 aromatic heterocycles. The molecular weight excluding hydrogens is 462 g/mol. The zero-order chi connectivity index (χ0) is 23.1. The highest BCUT2D eigenvalue weighted by molar-refractivity contribution is 7.87. The van der Waals surface area contributed by atoms with E-state index in [0.717, 1.165) is 29.6 Å². The summed E-state index contributed by atoms with van der Waals surface area (Å²) >= 11 is 6.15. The summed E-state index contributed by atoms with van der Waals surface area (Å²) in [5.41, 5.74) is -0.886. The maximum Gasteiger partial charge on any atom is 0.304 e. The van der Waals surface area contributed by atoms with E-state index in [1.807, 2.05) is 0 Å². The van der Waals surface area contributed by atoms with Gasteiger partial charge in [0, 0.05) is 18.5 Å². The molecule has 1 N–H and O–H groups in total. The van der Waals surface area contributed by atoms with Crippen LogP contribution in [0.5, 0.6) is 5.75 Å². The molecule has 0 radical (unpaired) electrons. The molecule has 1 amide bonds. The lowest BCUT2D eigenvalue weighted by Crippen LogP contribution is -2.49. The number of nitrogens with zero attached hydrogens (tertiary/aromatic N) is 1. The molecule has 2 atom stereocenters. The van der Waals surface area contributed by atoms with Crippen molar-refractivity contribution in [1.82, 2.24) is 9.03 Å². The van der Waals surface area contributed by atoms with Crippen LogP contribution >= 0.6 is 11.6 Å². The van der Waals surface area contributed by atoms with E-state index in [2.05, 4.69) is 6.92 Å². The van der Waals surface area contributed by atoms with Crippen molar-refractivity contribution in [1.29, 1.82) is 0 Å². The summed E-state index contributed by atoms with van der Waals surface area (Å²) in [6.07, 6.45) is 8.42. The first-order chi connectivity index (χ1) is 15.1. The smallest absolute Gasteiger partial charge is 0.304 e. The Bertz CT molecular complexity index is 988. The third-order valence-electron chi connectivity index (χ3n) is 7.35. The van der Waals surface area contributed by atoms with Crippen LogP contribution in [0.4, 0.5) is 8.78 Å². The summed E-state index contributed by atoms with van der Waals surface area (Å²) in [6, 6.07) is 0.921. The van der Waals surface area contributed by atoms with Crippen molar-refractivity contribution in [2.45, 2.75) is 58.3 Å². The molecule has 4 rings (SSSR count). The minimum atomic E-state index is -4.10. The molecule has 2 aliphatic carbocycles. The maximum absolute atomic E-state index is 14.8. The van der Waals surface area contributed by atoms with Crippen LogP contribution in [-0.4, -0.2) is 38.3 Å². The fourth-order valence-corrected chi connectivity index (χ4v) is 6.91. The Hall–Kier alpha value is -1.45. The Morgan fingerprint density at radius 1 is 1.22 bits per heavy atom. The third kappa shape index (κ3) is 4.61. The van der Waals surface area contributed by atoms with Gasteiger partial charge in [-0.2, -0.15) is 17.1 Å². The first-order valence-corrected chi connectivity index (χ1v) is 13.1. The van der Waals surface area contributed by atoms with E-state index in [9.17, 15) is 22.0 Å². The predicted molar refractivity (Wildman–Crippen MR) is 117 cm³/mol. The van der Waals surface area contributed by atoms with Crippen LogP contribution in [0, 0.1) is 28.9 Å². The minimum absolute atomic E-state index is 0.110. The Kier molecular flexibility index (Phi) is 6.71. The summed E-state index contributed by atoms with van der Waals surface area (Å²) in [4.78, 5) is 12.3. The predicted octanol–water partition coefficient (Wildman–Crippen LogP) is 4.67. The van der Waals surface area contributed by atoms with E-state index in [1.54, 1.807) is 4.72 Å². The largest absolute Gasteiger partial charge is 0.488 e. The molecule has 1 aromatic rings. The monoisotopic (exact) mass is 490 g/mol. The minimum Gasteiger partial charge on any atom is -0.488 e. The van der Waals surface area contributed by atoms with Crippen molar-refractivity contribution in [2.24, 2.45) is 17.3 Å². The molecule has 6 nitrogen and oxygen atoms in total. The Morgan fingerprint density at radius 3 is 2.44 bits per heavy atom. The molecular formula is C22H29ClF2N2O4S. The lowest BCUT2D eigenvalue weighted by atomic mass is 9.60. The van der Waals surface area contributed by atoms with Gasteiger partial charge in [0.25, 0.3) is 5.91 Å². The van der Waals surface area contributed by atoms with Crippen molar-refractivity contribution in [3.63, 3.8) is 0 Å². The summed E-state index contributed by atoms with van der Waals surface area (Å²) in [7, 11) is -4.10. The van der Waals surface area contributed by atoms with Gasteiger partial charge in [-0.1, -0.05) is 37.8 Å². The van der Waals surface area contributed by atoms with E-state index in [0.29, 0.717) is 18.3 Å². The van der Waals surface area contributed by atoms with E-state index in [1.165, 1.54) is 25.7 Å². The molecule has 1 heterocycles. The fourth-order valence-electron chi connectivity index (χ4n) is 5.46. The van der Waals surface area contributed by atoms with Crippen LogP contribution in [0.1, 0.15) is 68.6 Å². The number of fused-ring (bicyclic) bond motifs is 2. The molecule has 2 bridgehead atoms. The van der Waals surface area contributed by atoms with Crippen molar-refractivity contribution in [3.8, 4) is 5.75 Å². The second-order valence-electron chi connectivity index (χ2n) is 9.50. The van der Waals surface area contributed by atoms with E-state index < -0.39 is 39.1 Å². The van der Waals surface area contributed by atoms with Gasteiger partial charge in [-0.3, -0.25) is 4.79 Å². The Morgan fingerprint density at radius 2 is 1.88 bits per heavy atom. The van der Waals surface area contributed by atoms with Crippen LogP contribution < -0.4 is 9.46 Å². The SMILES string of the molecule is CCC1(COc2c(Cl)cc(C(=O)NS(=O)(=O)N3CCC3)c(F)c2F)CC2CCCC(C2)C1. The number of nitrogens with one attached hydrogen (secondary N) is 1. The molecule has 3 aliphatic rings. The first kappa shape index (κ1) is 23.7. The van der Waals surface area contributed by atoms with E-state index in [4.69, 9.17) is 16.3 Å². The third-order valence-corrected chi connectivity index (χ3v) is 9.11. The summed E-state index contributed by atoms with van der Waals surface area (Å²) in [5.74, 6) is -3.29. The van der Waals surface area contributed by atoms with Crippen LogP contribution in [0.25, 0.3) is 0 Å². The van der Waals surface area contributed by atoms with Gasteiger partial charge in [0.15, 0.2) is 11.6 Å². The van der Waals surface area contributed by atoms with Crippen LogP contribution in [0.3, 0.4) is 0 Å². The zero-order valence-electron chi connectivity index (χ0n) is 18.1. The number of hydrogen-bond donors (Lipinski definition) is 1. The van der Waals surface area contributed by atoms with Gasteiger partial charge < -0.3 is 4.74 Å². The quantitative estimate of drug-likeness (QED) is 0.563. The highest BCUT2D eigenvalue weighted by Gasteiger charge is 2.42. The number of halogens is 3. The van der Waals surface area contributed by atoms with E-state index in [-0.39, 0.29) is 30.1 Å². The van der Waals surface area contributed by atoms with Crippen molar-refractivity contribution < 1.29 is 26.7 Å². The van der Waals surface area contributed by atoms with Crippen LogP contribution in [0.15, 0.2) is 6.07 Å². The van der Waals surface area contributed by atoms with Gasteiger partial charge in [-0.15, -0.1) is 0 Å². The topological polar surface area (TPSA) is 75.7 Å². The number of hydrogen-bond acceptors (Lipinski definition) is 4. The molecule has 1 aromatic carbocycles. The molecule has 32 heavy (non-hydrogen) atoms. The van der Waals surface area contributed by atoms with Gasteiger partial charge >= 0.3 is 10.2 Å². The molecule has 10 heteroatoms. The van der Waals surface area contributed by atoms with Gasteiger partial charge in [-0.25, -0.2) is 9.11 Å². The van der Waals surface area contributed by atoms with Crippen molar-refractivity contribution >= 4 is 27.7 Å². The number of carbonyl (C=O) groups excluding carboxylic acids is 1. The van der Waals surface area contributed by atoms with Gasteiger partial charge in [-0.05, 0) is 50.0 Å². The van der Waals surface area contributed by atoms with Crippen molar-refractivity contribution in [2.75, 3.05) is 19.7 Å². The first-order valence-electron chi connectivity index (χ1n) is 11.3. The number of ether oxygens (including phenoxy) is 1. The lowest BCUT2D eigenvalue weighted by Gasteiger charge is -2.46. The Labute approximate surface area is 192 Å². The summed E-state index contributed by atoms with van der Waals surface area (Å²) < 4.78 is 62.3. The van der Waals surface area contributed by atoms with Gasteiger partial charge in [0.1, 0.15) is 0 Å². The lowest BCUT2D eigenvalue weighted by molar-refractivity contribution is 0.0119. The maximum atomic E-state index is 14.8. The second-order valence-corrected chi connectivity index (χ2v) is 11.6. The highest BCUT2D eigenvalue weighted by atomic mass is 35.5. The molecule has 0 spiro atoms.